The van der Waals surface area contributed by atoms with E-state index in [0.717, 1.165) is 19.3 Å². The Morgan fingerprint density at radius 2 is 2.18 bits per heavy atom. The van der Waals surface area contributed by atoms with Crippen molar-refractivity contribution in [3.63, 3.8) is 0 Å². The molecule has 2 heterocycles. The van der Waals surface area contributed by atoms with Crippen LogP contribution in [0.5, 0.6) is 0 Å². The van der Waals surface area contributed by atoms with Gasteiger partial charge in [-0.15, -0.1) is 0 Å². The lowest BCUT2D eigenvalue weighted by Gasteiger charge is -2.16. The Labute approximate surface area is 131 Å². The minimum Gasteiger partial charge on any atom is -0.342 e. The van der Waals surface area contributed by atoms with Crippen LogP contribution in [0.1, 0.15) is 51.9 Å². The van der Waals surface area contributed by atoms with Crippen molar-refractivity contribution in [2.75, 3.05) is 18.4 Å². The zero-order valence-electron chi connectivity index (χ0n) is 13.3. The van der Waals surface area contributed by atoms with Crippen LogP contribution in [0.25, 0.3) is 0 Å². The number of hydrogen-bond donors (Lipinski definition) is 2. The maximum Gasteiger partial charge on any atom is 0.229 e. The molecule has 0 aliphatic carbocycles. The molecule has 122 valence electrons. The largest absolute Gasteiger partial charge is 0.342 e. The molecule has 0 spiro atoms. The molecule has 1 aliphatic rings. The van der Waals surface area contributed by atoms with Crippen LogP contribution in [-0.4, -0.2) is 40.0 Å². The van der Waals surface area contributed by atoms with Gasteiger partial charge >= 0.3 is 0 Å². The Hall–Kier alpha value is -1.85. The van der Waals surface area contributed by atoms with Crippen molar-refractivity contribution in [1.29, 1.82) is 0 Å². The number of unbranched alkanes of at least 4 members (excludes halogenated alkanes) is 4. The number of rotatable bonds is 8. The third kappa shape index (κ3) is 4.86. The van der Waals surface area contributed by atoms with Gasteiger partial charge in [0.2, 0.25) is 11.8 Å². The average Bonchev–Trinajstić information content (AvgIpc) is 3.18. The predicted molar refractivity (Wildman–Crippen MR) is 85.3 cm³/mol. The second-order valence-corrected chi connectivity index (χ2v) is 5.97. The molecule has 1 saturated heterocycles. The first-order valence-corrected chi connectivity index (χ1v) is 8.28. The number of hydrogen-bond acceptors (Lipinski definition) is 3. The third-order valence-corrected chi connectivity index (χ3v) is 4.17. The Morgan fingerprint density at radius 1 is 1.36 bits per heavy atom. The number of aromatic amines is 1. The van der Waals surface area contributed by atoms with Crippen LogP contribution >= 0.6 is 0 Å². The van der Waals surface area contributed by atoms with Crippen LogP contribution in [0.3, 0.4) is 0 Å². The lowest BCUT2D eigenvalue weighted by molar-refractivity contribution is -0.130. The highest BCUT2D eigenvalue weighted by atomic mass is 16.2. The smallest absolute Gasteiger partial charge is 0.229 e. The summed E-state index contributed by atoms with van der Waals surface area (Å²) in [6.45, 7) is 3.42. The number of amides is 2. The first-order chi connectivity index (χ1) is 10.7. The highest BCUT2D eigenvalue weighted by Gasteiger charge is 2.30. The number of nitrogens with one attached hydrogen (secondary N) is 2. The van der Waals surface area contributed by atoms with Gasteiger partial charge in [-0.1, -0.05) is 32.6 Å². The molecule has 0 radical (unpaired) electrons. The molecule has 0 saturated carbocycles. The molecule has 1 aromatic rings. The van der Waals surface area contributed by atoms with Crippen molar-refractivity contribution in [1.82, 2.24) is 15.1 Å². The number of carbonyl (C=O) groups is 2. The van der Waals surface area contributed by atoms with E-state index in [4.69, 9.17) is 0 Å². The first-order valence-electron chi connectivity index (χ1n) is 8.28. The highest BCUT2D eigenvalue weighted by Crippen LogP contribution is 2.20. The topological polar surface area (TPSA) is 78.1 Å². The fourth-order valence-corrected chi connectivity index (χ4v) is 2.80. The lowest BCUT2D eigenvalue weighted by atomic mass is 10.1. The van der Waals surface area contributed by atoms with Gasteiger partial charge in [0.05, 0.1) is 17.8 Å². The zero-order chi connectivity index (χ0) is 15.8. The van der Waals surface area contributed by atoms with Gasteiger partial charge in [-0.25, -0.2) is 0 Å². The van der Waals surface area contributed by atoms with Gasteiger partial charge in [-0.3, -0.25) is 14.7 Å². The Morgan fingerprint density at radius 3 is 2.91 bits per heavy atom. The number of carbonyl (C=O) groups excluding carboxylic acids is 2. The SMILES string of the molecule is CCCCCCCC(=O)N1CC[C@@H](C(=O)Nc2cn[nH]c2)C1. The minimum atomic E-state index is -0.112. The summed E-state index contributed by atoms with van der Waals surface area (Å²) in [7, 11) is 0. The van der Waals surface area contributed by atoms with E-state index in [1.807, 2.05) is 4.90 Å². The van der Waals surface area contributed by atoms with E-state index in [-0.39, 0.29) is 17.7 Å². The summed E-state index contributed by atoms with van der Waals surface area (Å²) in [4.78, 5) is 26.1. The molecule has 22 heavy (non-hydrogen) atoms. The van der Waals surface area contributed by atoms with Crippen LogP contribution in [0.4, 0.5) is 5.69 Å². The molecule has 2 amide bonds. The van der Waals surface area contributed by atoms with E-state index in [0.29, 0.717) is 25.2 Å². The average molecular weight is 306 g/mol. The molecule has 1 aromatic heterocycles. The van der Waals surface area contributed by atoms with E-state index in [1.165, 1.54) is 19.3 Å². The van der Waals surface area contributed by atoms with Crippen molar-refractivity contribution < 1.29 is 9.59 Å². The van der Waals surface area contributed by atoms with Crippen molar-refractivity contribution in [3.05, 3.63) is 12.4 Å². The van der Waals surface area contributed by atoms with Gasteiger partial charge < -0.3 is 10.2 Å². The number of likely N-dealkylation sites (tertiary alicyclic amines) is 1. The van der Waals surface area contributed by atoms with Gasteiger partial charge in [0.25, 0.3) is 0 Å². The van der Waals surface area contributed by atoms with E-state index in [9.17, 15) is 9.59 Å². The molecule has 0 unspecified atom stereocenters. The Bertz CT molecular complexity index is 473. The molecule has 6 heteroatoms. The summed E-state index contributed by atoms with van der Waals surface area (Å²) in [6.07, 6.45) is 10.3. The Balaban J connectivity index is 1.68. The number of anilines is 1. The molecule has 1 fully saturated rings. The summed E-state index contributed by atoms with van der Waals surface area (Å²) in [5.41, 5.74) is 0.672. The molecule has 2 rings (SSSR count). The maximum absolute atomic E-state index is 12.1. The van der Waals surface area contributed by atoms with E-state index >= 15 is 0 Å². The standard InChI is InChI=1S/C16H26N4O2/c1-2-3-4-5-6-7-15(21)20-9-8-13(12-20)16(22)19-14-10-17-18-11-14/h10-11,13H,2-9,12H2,1H3,(H,17,18)(H,19,22)/t13-/m1/s1. The second-order valence-electron chi connectivity index (χ2n) is 5.97. The summed E-state index contributed by atoms with van der Waals surface area (Å²) in [6, 6.07) is 0. The molecular weight excluding hydrogens is 280 g/mol. The van der Waals surface area contributed by atoms with Gasteiger partial charge in [0.15, 0.2) is 0 Å². The molecule has 2 N–H and O–H groups in total. The molecule has 1 atom stereocenters. The monoisotopic (exact) mass is 306 g/mol. The van der Waals surface area contributed by atoms with Crippen molar-refractivity contribution in [2.24, 2.45) is 5.92 Å². The van der Waals surface area contributed by atoms with Crippen molar-refractivity contribution in [3.8, 4) is 0 Å². The number of H-pyrrole nitrogens is 1. The molecule has 6 nitrogen and oxygen atoms in total. The third-order valence-electron chi connectivity index (χ3n) is 4.17. The zero-order valence-corrected chi connectivity index (χ0v) is 13.3. The lowest BCUT2D eigenvalue weighted by Crippen LogP contribution is -2.31. The van der Waals surface area contributed by atoms with Gasteiger partial charge in [-0.2, -0.15) is 5.10 Å². The minimum absolute atomic E-state index is 0.0281. The quantitative estimate of drug-likeness (QED) is 0.725. The summed E-state index contributed by atoms with van der Waals surface area (Å²) >= 11 is 0. The van der Waals surface area contributed by atoms with E-state index in [2.05, 4.69) is 22.4 Å². The fraction of sp³-hybridized carbons (Fsp3) is 0.688. The number of aromatic nitrogens is 2. The highest BCUT2D eigenvalue weighted by molar-refractivity contribution is 5.93. The number of nitrogens with zero attached hydrogens (tertiary/aromatic N) is 2. The predicted octanol–water partition coefficient (Wildman–Crippen LogP) is 2.56. The molecule has 0 aromatic carbocycles. The normalized spacial score (nSPS) is 17.7. The van der Waals surface area contributed by atoms with Crippen LogP contribution in [0.2, 0.25) is 0 Å². The molecule has 1 aliphatic heterocycles. The van der Waals surface area contributed by atoms with Crippen molar-refractivity contribution in [2.45, 2.75) is 51.9 Å². The van der Waals surface area contributed by atoms with Crippen LogP contribution in [-0.2, 0) is 9.59 Å². The van der Waals surface area contributed by atoms with Crippen LogP contribution in [0.15, 0.2) is 12.4 Å². The van der Waals surface area contributed by atoms with Crippen LogP contribution in [0, 0.1) is 5.92 Å². The summed E-state index contributed by atoms with van der Waals surface area (Å²) < 4.78 is 0. The first kappa shape index (κ1) is 16.5. The molecule has 0 bridgehead atoms. The Kier molecular flexibility index (Phi) is 6.43. The van der Waals surface area contributed by atoms with Gasteiger partial charge in [-0.05, 0) is 12.8 Å². The van der Waals surface area contributed by atoms with Crippen LogP contribution < -0.4 is 5.32 Å². The van der Waals surface area contributed by atoms with Gasteiger partial charge in [0.1, 0.15) is 0 Å². The molecular formula is C16H26N4O2. The van der Waals surface area contributed by atoms with Crippen molar-refractivity contribution >= 4 is 17.5 Å². The fourth-order valence-electron chi connectivity index (χ4n) is 2.80. The summed E-state index contributed by atoms with van der Waals surface area (Å²) in [5, 5.41) is 9.28. The van der Waals surface area contributed by atoms with Gasteiger partial charge in [0, 0.05) is 25.7 Å². The van der Waals surface area contributed by atoms with E-state index < -0.39 is 0 Å². The second kappa shape index (κ2) is 8.56. The summed E-state index contributed by atoms with van der Waals surface area (Å²) in [5.74, 6) is 0.0497. The maximum atomic E-state index is 12.1. The van der Waals surface area contributed by atoms with E-state index in [1.54, 1.807) is 12.4 Å².